The fraction of sp³-hybridized carbons (Fsp3) is 0.500. The Morgan fingerprint density at radius 1 is 1.33 bits per heavy atom. The molecular weight excluding hydrogens is 495 g/mol. The Kier molecular flexibility index (Phi) is 8.88. The van der Waals surface area contributed by atoms with Crippen molar-refractivity contribution in [1.82, 2.24) is 14.6 Å². The van der Waals surface area contributed by atoms with E-state index >= 15 is 0 Å². The topological polar surface area (TPSA) is 184 Å². The molecule has 0 spiro atoms. The average molecular weight is 526 g/mol. The summed E-state index contributed by atoms with van der Waals surface area (Å²) in [5.74, 6) is -0.512. The number of para-hydroxylation sites is 1. The number of ether oxygens (including phenoxy) is 2. The highest BCUT2D eigenvalue weighted by atomic mass is 31.2. The summed E-state index contributed by atoms with van der Waals surface area (Å²) in [4.78, 5) is 27.5. The van der Waals surface area contributed by atoms with E-state index in [4.69, 9.17) is 24.3 Å². The Morgan fingerprint density at radius 3 is 2.67 bits per heavy atom. The summed E-state index contributed by atoms with van der Waals surface area (Å²) in [5, 5.41) is 24.2. The van der Waals surface area contributed by atoms with Crippen molar-refractivity contribution in [3.8, 4) is 5.75 Å². The van der Waals surface area contributed by atoms with Crippen LogP contribution in [0.5, 0.6) is 5.75 Å². The summed E-state index contributed by atoms with van der Waals surface area (Å²) < 4.78 is 36.3. The lowest BCUT2D eigenvalue weighted by molar-refractivity contribution is -0.147. The number of nitrogens with zero attached hydrogens (tertiary/aromatic N) is 2. The first-order valence-electron chi connectivity index (χ1n) is 11.2. The molecule has 2 unspecified atom stereocenters. The van der Waals surface area contributed by atoms with Gasteiger partial charge >= 0.3 is 19.4 Å². The number of benzene rings is 1. The number of aliphatic hydroxyl groups excluding tert-OH is 1. The molecule has 1 aromatic heterocycles. The Bertz CT molecular complexity index is 1140. The standard InChI is InChI=1S/C22H31N4O9P/c1-14(2)19(28)32-12-10-24-36(31,35-15-7-5-4-6-8-15)33-13-16-18(27)22(3,30)20(34-16)26-11-9-17(23)25-21(26)29/h4-9,11,14,16,18,20,27,30H,10,12-13H2,1-3H3,(H,24,31)(H2,23,25,29)/t16-,18-,20?,22-,36?/m1/s1. The van der Waals surface area contributed by atoms with Crippen molar-refractivity contribution in [2.75, 3.05) is 25.5 Å². The van der Waals surface area contributed by atoms with Gasteiger partial charge in [0.2, 0.25) is 0 Å². The molecule has 1 fully saturated rings. The molecule has 1 saturated heterocycles. The predicted molar refractivity (Wildman–Crippen MR) is 128 cm³/mol. The first-order chi connectivity index (χ1) is 16.9. The second kappa shape index (κ2) is 11.5. The Balaban J connectivity index is 1.71. The summed E-state index contributed by atoms with van der Waals surface area (Å²) in [6.45, 7) is 4.04. The van der Waals surface area contributed by atoms with E-state index in [0.29, 0.717) is 0 Å². The van der Waals surface area contributed by atoms with E-state index in [-0.39, 0.29) is 30.6 Å². The Labute approximate surface area is 207 Å². The third-order valence-electron chi connectivity index (χ3n) is 5.36. The molecule has 1 aliphatic rings. The van der Waals surface area contributed by atoms with E-state index in [9.17, 15) is 24.4 Å². The number of rotatable bonds is 11. The summed E-state index contributed by atoms with van der Waals surface area (Å²) in [6, 6.07) is 9.57. The fourth-order valence-corrected chi connectivity index (χ4v) is 4.70. The van der Waals surface area contributed by atoms with Crippen molar-refractivity contribution in [2.24, 2.45) is 5.92 Å². The number of aliphatic hydroxyl groups is 2. The van der Waals surface area contributed by atoms with E-state index in [0.717, 1.165) is 4.57 Å². The number of anilines is 1. The van der Waals surface area contributed by atoms with Gasteiger partial charge in [-0.3, -0.25) is 13.9 Å². The molecule has 36 heavy (non-hydrogen) atoms. The average Bonchev–Trinajstić information content (AvgIpc) is 3.04. The van der Waals surface area contributed by atoms with Gasteiger partial charge in [-0.25, -0.2) is 14.4 Å². The monoisotopic (exact) mass is 526 g/mol. The van der Waals surface area contributed by atoms with Gasteiger partial charge in [-0.1, -0.05) is 32.0 Å². The minimum Gasteiger partial charge on any atom is -0.464 e. The molecule has 13 nitrogen and oxygen atoms in total. The van der Waals surface area contributed by atoms with Gasteiger partial charge in [-0.15, -0.1) is 0 Å². The highest BCUT2D eigenvalue weighted by molar-refractivity contribution is 7.52. The molecule has 2 aromatic rings. The van der Waals surface area contributed by atoms with Crippen molar-refractivity contribution in [3.63, 3.8) is 0 Å². The molecule has 1 aliphatic heterocycles. The molecule has 0 amide bonds. The van der Waals surface area contributed by atoms with Crippen LogP contribution >= 0.6 is 7.75 Å². The van der Waals surface area contributed by atoms with Crippen LogP contribution in [-0.4, -0.2) is 63.3 Å². The first kappa shape index (κ1) is 27.8. The second-order valence-corrected chi connectivity index (χ2v) is 10.4. The zero-order valence-corrected chi connectivity index (χ0v) is 21.0. The zero-order chi connectivity index (χ0) is 26.5. The van der Waals surface area contributed by atoms with Crippen LogP contribution in [0, 0.1) is 5.92 Å². The van der Waals surface area contributed by atoms with Crippen LogP contribution < -0.4 is 21.0 Å². The third-order valence-corrected chi connectivity index (χ3v) is 6.91. The van der Waals surface area contributed by atoms with Gasteiger partial charge in [0.05, 0.1) is 12.5 Å². The molecule has 0 aliphatic carbocycles. The molecule has 2 heterocycles. The van der Waals surface area contributed by atoms with Gasteiger partial charge < -0.3 is 29.9 Å². The number of hydrogen-bond acceptors (Lipinski definition) is 11. The van der Waals surface area contributed by atoms with Crippen molar-refractivity contribution in [3.05, 3.63) is 53.1 Å². The van der Waals surface area contributed by atoms with Gasteiger partial charge in [-0.2, -0.15) is 4.98 Å². The van der Waals surface area contributed by atoms with Crippen molar-refractivity contribution < 1.29 is 38.1 Å². The highest BCUT2D eigenvalue weighted by Crippen LogP contribution is 2.46. The minimum absolute atomic E-state index is 0.0153. The summed E-state index contributed by atoms with van der Waals surface area (Å²) >= 11 is 0. The number of aromatic nitrogens is 2. The van der Waals surface area contributed by atoms with E-state index in [1.165, 1.54) is 19.2 Å². The number of nitrogens with one attached hydrogen (secondary N) is 1. The lowest BCUT2D eigenvalue weighted by Gasteiger charge is -2.27. The van der Waals surface area contributed by atoms with Crippen LogP contribution in [0.2, 0.25) is 0 Å². The molecule has 1 aromatic carbocycles. The van der Waals surface area contributed by atoms with Crippen LogP contribution in [0.4, 0.5) is 5.82 Å². The number of hydrogen-bond donors (Lipinski definition) is 4. The van der Waals surface area contributed by atoms with Gasteiger partial charge in [0.1, 0.15) is 36.0 Å². The third kappa shape index (κ3) is 6.69. The number of carbonyl (C=O) groups excluding carboxylic acids is 1. The fourth-order valence-electron chi connectivity index (χ4n) is 3.38. The van der Waals surface area contributed by atoms with Gasteiger partial charge in [0.15, 0.2) is 6.23 Å². The summed E-state index contributed by atoms with van der Waals surface area (Å²) in [7, 11) is -4.06. The van der Waals surface area contributed by atoms with E-state index in [1.54, 1.807) is 44.2 Å². The van der Waals surface area contributed by atoms with Gasteiger partial charge in [-0.05, 0) is 25.1 Å². The minimum atomic E-state index is -4.06. The lowest BCUT2D eigenvalue weighted by atomic mass is 9.96. The predicted octanol–water partition coefficient (Wildman–Crippen LogP) is 0.827. The molecular formula is C22H31N4O9P. The number of esters is 1. The SMILES string of the molecule is CC(C)C(=O)OCCNP(=O)(OC[C@H]1OC(n2ccc(N)nc2=O)[C@](C)(O)[C@@H]1O)Oc1ccccc1. The van der Waals surface area contributed by atoms with Crippen molar-refractivity contribution in [2.45, 2.75) is 44.8 Å². The number of nitrogen functional groups attached to an aromatic ring is 1. The first-order valence-corrected chi connectivity index (χ1v) is 12.8. The molecule has 0 bridgehead atoms. The number of nitrogens with two attached hydrogens (primary N) is 1. The van der Waals surface area contributed by atoms with Crippen LogP contribution in [0.1, 0.15) is 27.0 Å². The van der Waals surface area contributed by atoms with Crippen LogP contribution in [0.25, 0.3) is 0 Å². The maximum atomic E-state index is 13.5. The molecule has 5 atom stereocenters. The van der Waals surface area contributed by atoms with Crippen molar-refractivity contribution in [1.29, 1.82) is 0 Å². The molecule has 0 saturated carbocycles. The second-order valence-electron chi connectivity index (χ2n) is 8.67. The van der Waals surface area contributed by atoms with E-state index in [2.05, 4.69) is 10.1 Å². The quantitative estimate of drug-likeness (QED) is 0.184. The highest BCUT2D eigenvalue weighted by Gasteiger charge is 2.54. The van der Waals surface area contributed by atoms with E-state index < -0.39 is 50.0 Å². The molecule has 14 heteroatoms. The molecule has 0 radical (unpaired) electrons. The number of carbonyl (C=O) groups is 1. The van der Waals surface area contributed by atoms with E-state index in [1.807, 2.05) is 0 Å². The summed E-state index contributed by atoms with van der Waals surface area (Å²) in [6.07, 6.45) is -2.75. The molecule has 5 N–H and O–H groups in total. The van der Waals surface area contributed by atoms with Gasteiger partial charge in [0, 0.05) is 12.7 Å². The summed E-state index contributed by atoms with van der Waals surface area (Å²) in [5.41, 5.74) is 2.81. The maximum Gasteiger partial charge on any atom is 0.458 e. The smallest absolute Gasteiger partial charge is 0.458 e. The van der Waals surface area contributed by atoms with Crippen LogP contribution in [0.3, 0.4) is 0 Å². The maximum absolute atomic E-state index is 13.5. The van der Waals surface area contributed by atoms with Crippen molar-refractivity contribution >= 4 is 19.5 Å². The zero-order valence-electron chi connectivity index (χ0n) is 20.1. The van der Waals surface area contributed by atoms with Crippen LogP contribution in [0.15, 0.2) is 47.4 Å². The molecule has 3 rings (SSSR count). The lowest BCUT2D eigenvalue weighted by Crippen LogP contribution is -2.46. The van der Waals surface area contributed by atoms with Crippen LogP contribution in [-0.2, 0) is 23.4 Å². The Hall–Kier alpha value is -2.80. The molecule has 198 valence electrons. The largest absolute Gasteiger partial charge is 0.464 e. The normalized spacial score (nSPS) is 25.4. The van der Waals surface area contributed by atoms with Gasteiger partial charge in [0.25, 0.3) is 0 Å². The Morgan fingerprint density at radius 2 is 2.03 bits per heavy atom.